The van der Waals surface area contributed by atoms with Gasteiger partial charge in [-0.2, -0.15) is 0 Å². The highest BCUT2D eigenvalue weighted by atomic mass is 16.5. The van der Waals surface area contributed by atoms with E-state index in [0.29, 0.717) is 11.3 Å². The predicted octanol–water partition coefficient (Wildman–Crippen LogP) is 2.13. The summed E-state index contributed by atoms with van der Waals surface area (Å²) in [4.78, 5) is 27.3. The highest BCUT2D eigenvalue weighted by Gasteiger charge is 2.24. The number of carbonyl (C=O) groups excluding carboxylic acids is 2. The second-order valence-corrected chi connectivity index (χ2v) is 4.54. The smallest absolute Gasteiger partial charge is 0.339 e. The molecule has 0 atom stereocenters. The van der Waals surface area contributed by atoms with Gasteiger partial charge in [-0.1, -0.05) is 12.1 Å². The fourth-order valence-corrected chi connectivity index (χ4v) is 2.27. The van der Waals surface area contributed by atoms with Crippen LogP contribution in [0.15, 0.2) is 24.3 Å². The molecule has 1 heterocycles. The first kappa shape index (κ1) is 13.4. The summed E-state index contributed by atoms with van der Waals surface area (Å²) in [7, 11) is 3.02. The van der Waals surface area contributed by atoms with Crippen LogP contribution in [0.5, 0.6) is 0 Å². The van der Waals surface area contributed by atoms with Gasteiger partial charge in [0.2, 0.25) is 0 Å². The van der Waals surface area contributed by atoms with E-state index in [1.54, 1.807) is 36.2 Å². The van der Waals surface area contributed by atoms with E-state index >= 15 is 0 Å². The number of hydrogen-bond acceptors (Lipinski definition) is 3. The van der Waals surface area contributed by atoms with Crippen molar-refractivity contribution in [3.8, 4) is 0 Å². The van der Waals surface area contributed by atoms with Crippen molar-refractivity contribution in [2.45, 2.75) is 12.8 Å². The van der Waals surface area contributed by atoms with E-state index in [0.717, 1.165) is 25.9 Å². The maximum Gasteiger partial charge on any atom is 0.339 e. The zero-order chi connectivity index (χ0) is 13.8. The summed E-state index contributed by atoms with van der Waals surface area (Å²) in [6, 6.07) is 6.89. The number of amides is 2. The number of nitrogens with zero attached hydrogens (tertiary/aromatic N) is 2. The summed E-state index contributed by atoms with van der Waals surface area (Å²) in [5.74, 6) is -0.434. The van der Waals surface area contributed by atoms with Crippen LogP contribution < -0.4 is 4.90 Å². The van der Waals surface area contributed by atoms with Crippen molar-refractivity contribution in [1.29, 1.82) is 0 Å². The number of likely N-dealkylation sites (tertiary alicyclic amines) is 1. The molecule has 5 heteroatoms. The summed E-state index contributed by atoms with van der Waals surface area (Å²) in [5.41, 5.74) is 0.978. The minimum Gasteiger partial charge on any atom is -0.465 e. The number of methoxy groups -OCH3 is 1. The molecule has 0 unspecified atom stereocenters. The molecule has 0 saturated carbocycles. The molecule has 0 spiro atoms. The van der Waals surface area contributed by atoms with Crippen LogP contribution in [-0.4, -0.2) is 44.1 Å². The molecule has 0 radical (unpaired) electrons. The van der Waals surface area contributed by atoms with Crippen molar-refractivity contribution in [2.24, 2.45) is 0 Å². The zero-order valence-corrected chi connectivity index (χ0v) is 11.3. The van der Waals surface area contributed by atoms with Crippen LogP contribution >= 0.6 is 0 Å². The standard InChI is InChI=1S/C14H18N2O3/c1-15(14(18)16-9-5-6-10-16)12-8-4-3-7-11(12)13(17)19-2/h3-4,7-8H,5-6,9-10H2,1-2H3. The first-order chi connectivity index (χ1) is 9.15. The van der Waals surface area contributed by atoms with Gasteiger partial charge in [-0.25, -0.2) is 9.59 Å². The number of rotatable bonds is 2. The number of carbonyl (C=O) groups is 2. The summed E-state index contributed by atoms with van der Waals surface area (Å²) in [5, 5.41) is 0. The number of urea groups is 1. The molecule has 1 saturated heterocycles. The second-order valence-electron chi connectivity index (χ2n) is 4.54. The van der Waals surface area contributed by atoms with E-state index < -0.39 is 5.97 Å². The van der Waals surface area contributed by atoms with E-state index in [1.807, 2.05) is 0 Å². The van der Waals surface area contributed by atoms with Gasteiger partial charge in [-0.3, -0.25) is 4.90 Å². The Hall–Kier alpha value is -2.04. The Kier molecular flexibility index (Phi) is 4.04. The molecule has 19 heavy (non-hydrogen) atoms. The number of anilines is 1. The van der Waals surface area contributed by atoms with Gasteiger partial charge in [0, 0.05) is 20.1 Å². The van der Waals surface area contributed by atoms with Crippen LogP contribution in [0, 0.1) is 0 Å². The Labute approximate surface area is 112 Å². The second kappa shape index (κ2) is 5.73. The minimum atomic E-state index is -0.434. The van der Waals surface area contributed by atoms with Gasteiger partial charge in [0.25, 0.3) is 0 Å². The van der Waals surface area contributed by atoms with Crippen molar-refractivity contribution in [3.63, 3.8) is 0 Å². The average Bonchev–Trinajstić information content (AvgIpc) is 2.99. The third-order valence-corrected chi connectivity index (χ3v) is 3.33. The van der Waals surface area contributed by atoms with Crippen molar-refractivity contribution in [2.75, 3.05) is 32.1 Å². The summed E-state index contributed by atoms with van der Waals surface area (Å²) in [6.45, 7) is 1.56. The van der Waals surface area contributed by atoms with Gasteiger partial charge in [0.1, 0.15) is 0 Å². The predicted molar refractivity (Wildman–Crippen MR) is 72.4 cm³/mol. The van der Waals surface area contributed by atoms with Gasteiger partial charge in [0.15, 0.2) is 0 Å². The largest absolute Gasteiger partial charge is 0.465 e. The van der Waals surface area contributed by atoms with E-state index in [1.165, 1.54) is 12.0 Å². The topological polar surface area (TPSA) is 49.9 Å². The first-order valence-corrected chi connectivity index (χ1v) is 6.35. The van der Waals surface area contributed by atoms with Crippen molar-refractivity contribution in [1.82, 2.24) is 4.90 Å². The lowest BCUT2D eigenvalue weighted by Gasteiger charge is -2.25. The molecule has 0 aromatic heterocycles. The third kappa shape index (κ3) is 2.70. The van der Waals surface area contributed by atoms with Crippen molar-refractivity contribution < 1.29 is 14.3 Å². The normalized spacial score (nSPS) is 14.3. The first-order valence-electron chi connectivity index (χ1n) is 6.35. The third-order valence-electron chi connectivity index (χ3n) is 3.33. The molecule has 1 aromatic rings. The van der Waals surface area contributed by atoms with Crippen LogP contribution in [0.3, 0.4) is 0 Å². The lowest BCUT2D eigenvalue weighted by Crippen LogP contribution is -2.40. The number of esters is 1. The van der Waals surface area contributed by atoms with Gasteiger partial charge >= 0.3 is 12.0 Å². The van der Waals surface area contributed by atoms with Crippen molar-refractivity contribution in [3.05, 3.63) is 29.8 Å². The van der Waals surface area contributed by atoms with Crippen LogP contribution in [0.1, 0.15) is 23.2 Å². The van der Waals surface area contributed by atoms with E-state index in [9.17, 15) is 9.59 Å². The average molecular weight is 262 g/mol. The highest BCUT2D eigenvalue weighted by molar-refractivity contribution is 6.01. The fraction of sp³-hybridized carbons (Fsp3) is 0.429. The van der Waals surface area contributed by atoms with Gasteiger partial charge in [-0.05, 0) is 25.0 Å². The number of ether oxygens (including phenoxy) is 1. The number of hydrogen-bond donors (Lipinski definition) is 0. The molecular weight excluding hydrogens is 244 g/mol. The number of para-hydroxylation sites is 1. The highest BCUT2D eigenvalue weighted by Crippen LogP contribution is 2.22. The molecule has 1 aliphatic heterocycles. The van der Waals surface area contributed by atoms with Crippen molar-refractivity contribution >= 4 is 17.7 Å². The Morgan fingerprint density at radius 1 is 1.21 bits per heavy atom. The lowest BCUT2D eigenvalue weighted by molar-refractivity contribution is 0.0601. The molecule has 0 aliphatic carbocycles. The number of benzene rings is 1. The lowest BCUT2D eigenvalue weighted by atomic mass is 10.1. The van der Waals surface area contributed by atoms with Crippen LogP contribution in [0.25, 0.3) is 0 Å². The molecule has 0 N–H and O–H groups in total. The molecule has 1 fully saturated rings. The Balaban J connectivity index is 2.25. The summed E-state index contributed by atoms with van der Waals surface area (Å²) < 4.78 is 4.74. The summed E-state index contributed by atoms with van der Waals surface area (Å²) >= 11 is 0. The monoisotopic (exact) mass is 262 g/mol. The molecule has 1 aromatic carbocycles. The zero-order valence-electron chi connectivity index (χ0n) is 11.3. The molecule has 2 rings (SSSR count). The molecule has 1 aliphatic rings. The Morgan fingerprint density at radius 2 is 1.84 bits per heavy atom. The van der Waals surface area contributed by atoms with E-state index in [-0.39, 0.29) is 6.03 Å². The van der Waals surface area contributed by atoms with Crippen LogP contribution in [-0.2, 0) is 4.74 Å². The minimum absolute atomic E-state index is 0.0751. The Bertz CT molecular complexity index is 481. The van der Waals surface area contributed by atoms with E-state index in [2.05, 4.69) is 0 Å². The molecule has 5 nitrogen and oxygen atoms in total. The Morgan fingerprint density at radius 3 is 2.47 bits per heavy atom. The van der Waals surface area contributed by atoms with Gasteiger partial charge in [-0.15, -0.1) is 0 Å². The SMILES string of the molecule is COC(=O)c1ccccc1N(C)C(=O)N1CCCC1. The van der Waals surface area contributed by atoms with Gasteiger partial charge < -0.3 is 9.64 Å². The summed E-state index contributed by atoms with van der Waals surface area (Å²) in [6.07, 6.45) is 2.08. The molecule has 0 bridgehead atoms. The van der Waals surface area contributed by atoms with Gasteiger partial charge in [0.05, 0.1) is 18.4 Å². The molecule has 2 amide bonds. The quantitative estimate of drug-likeness (QED) is 0.767. The molecule has 102 valence electrons. The van der Waals surface area contributed by atoms with E-state index in [4.69, 9.17) is 4.74 Å². The molecular formula is C14H18N2O3. The maximum absolute atomic E-state index is 12.3. The van der Waals surface area contributed by atoms with Crippen LogP contribution in [0.4, 0.5) is 10.5 Å². The maximum atomic E-state index is 12.3. The fourth-order valence-electron chi connectivity index (χ4n) is 2.27. The van der Waals surface area contributed by atoms with Crippen LogP contribution in [0.2, 0.25) is 0 Å².